The van der Waals surface area contributed by atoms with Crippen LogP contribution in [-0.2, 0) is 6.42 Å². The molecule has 1 heterocycles. The van der Waals surface area contributed by atoms with Gasteiger partial charge in [-0.3, -0.25) is 0 Å². The summed E-state index contributed by atoms with van der Waals surface area (Å²) in [7, 11) is 0. The van der Waals surface area contributed by atoms with Crippen LogP contribution in [0.5, 0.6) is 5.75 Å². The highest BCUT2D eigenvalue weighted by atomic mass is 32.1. The monoisotopic (exact) mass is 291 g/mol. The van der Waals surface area contributed by atoms with Crippen molar-refractivity contribution in [3.63, 3.8) is 0 Å². The van der Waals surface area contributed by atoms with Crippen LogP contribution in [0.3, 0.4) is 0 Å². The molecule has 108 valence electrons. The third-order valence-electron chi connectivity index (χ3n) is 3.04. The molecule has 2 aromatic rings. The van der Waals surface area contributed by atoms with Crippen molar-refractivity contribution in [3.8, 4) is 16.3 Å². The summed E-state index contributed by atoms with van der Waals surface area (Å²) >= 11 is 1.60. The van der Waals surface area contributed by atoms with Gasteiger partial charge in [0.25, 0.3) is 0 Å². The van der Waals surface area contributed by atoms with E-state index in [-0.39, 0.29) is 0 Å². The quantitative estimate of drug-likeness (QED) is 0.803. The first kappa shape index (κ1) is 14.9. The molecule has 0 amide bonds. The number of benzene rings is 1. The summed E-state index contributed by atoms with van der Waals surface area (Å²) in [5.74, 6) is 0.306. The van der Waals surface area contributed by atoms with Crippen molar-refractivity contribution in [3.05, 3.63) is 28.8 Å². The van der Waals surface area contributed by atoms with Gasteiger partial charge in [-0.25, -0.2) is 0 Å². The van der Waals surface area contributed by atoms with E-state index in [0.29, 0.717) is 11.8 Å². The van der Waals surface area contributed by atoms with Crippen molar-refractivity contribution < 1.29 is 5.11 Å². The molecule has 0 saturated heterocycles. The number of hydrogen-bond acceptors (Lipinski definition) is 5. The van der Waals surface area contributed by atoms with Crippen LogP contribution in [0, 0.1) is 6.92 Å². The number of hydrogen-bond donors (Lipinski definition) is 2. The summed E-state index contributed by atoms with van der Waals surface area (Å²) in [6.45, 7) is 7.17. The van der Waals surface area contributed by atoms with Crippen LogP contribution in [0.1, 0.15) is 30.8 Å². The molecule has 0 unspecified atom stereocenters. The number of aryl methyl sites for hydroxylation is 2. The molecule has 0 saturated carbocycles. The fourth-order valence-electron chi connectivity index (χ4n) is 1.84. The minimum absolute atomic E-state index is 0.306. The van der Waals surface area contributed by atoms with Gasteiger partial charge in [-0.05, 0) is 31.5 Å². The average Bonchev–Trinajstić information content (AvgIpc) is 2.86. The van der Waals surface area contributed by atoms with E-state index in [1.165, 1.54) is 0 Å². The number of aromatic nitrogens is 2. The Bertz CT molecular complexity index is 566. The Hall–Kier alpha value is -1.46. The number of phenolic OH excluding ortho intramolecular Hbond substituents is 1. The third kappa shape index (κ3) is 4.02. The maximum absolute atomic E-state index is 9.74. The first-order valence-corrected chi connectivity index (χ1v) is 7.73. The Morgan fingerprint density at radius 3 is 2.80 bits per heavy atom. The van der Waals surface area contributed by atoms with Crippen LogP contribution in [0.2, 0.25) is 0 Å². The van der Waals surface area contributed by atoms with Gasteiger partial charge < -0.3 is 10.4 Å². The SMILES string of the molecule is Cc1ccc(-c2nnc(CCCNC(C)C)s2)cc1O. The van der Waals surface area contributed by atoms with Gasteiger partial charge in [-0.2, -0.15) is 0 Å². The molecule has 4 nitrogen and oxygen atoms in total. The van der Waals surface area contributed by atoms with E-state index < -0.39 is 0 Å². The van der Waals surface area contributed by atoms with Gasteiger partial charge in [0.15, 0.2) is 0 Å². The molecule has 0 aliphatic carbocycles. The zero-order chi connectivity index (χ0) is 14.5. The molecule has 1 aromatic heterocycles. The van der Waals surface area contributed by atoms with Gasteiger partial charge in [0.2, 0.25) is 0 Å². The zero-order valence-electron chi connectivity index (χ0n) is 12.2. The predicted molar refractivity (Wildman–Crippen MR) is 83.2 cm³/mol. The van der Waals surface area contributed by atoms with Crippen molar-refractivity contribution in [1.29, 1.82) is 0 Å². The number of rotatable bonds is 6. The topological polar surface area (TPSA) is 58.0 Å². The fourth-order valence-corrected chi connectivity index (χ4v) is 2.72. The molecule has 2 N–H and O–H groups in total. The van der Waals surface area contributed by atoms with Crippen molar-refractivity contribution in [2.45, 2.75) is 39.7 Å². The molecule has 5 heteroatoms. The Labute approximate surface area is 123 Å². The second-order valence-corrected chi connectivity index (χ2v) is 6.28. The zero-order valence-corrected chi connectivity index (χ0v) is 13.0. The average molecular weight is 291 g/mol. The fraction of sp³-hybridized carbons (Fsp3) is 0.467. The van der Waals surface area contributed by atoms with Crippen LogP contribution < -0.4 is 5.32 Å². The third-order valence-corrected chi connectivity index (χ3v) is 4.08. The molecule has 0 aliphatic heterocycles. The summed E-state index contributed by atoms with van der Waals surface area (Å²) in [5, 5.41) is 23.5. The smallest absolute Gasteiger partial charge is 0.147 e. The second-order valence-electron chi connectivity index (χ2n) is 5.21. The van der Waals surface area contributed by atoms with Gasteiger partial charge >= 0.3 is 0 Å². The summed E-state index contributed by atoms with van der Waals surface area (Å²) in [4.78, 5) is 0. The van der Waals surface area contributed by atoms with Crippen LogP contribution in [0.15, 0.2) is 18.2 Å². The highest BCUT2D eigenvalue weighted by Gasteiger charge is 2.08. The lowest BCUT2D eigenvalue weighted by Crippen LogP contribution is -2.23. The summed E-state index contributed by atoms with van der Waals surface area (Å²) in [5.41, 5.74) is 1.80. The molecule has 1 aromatic carbocycles. The van der Waals surface area contributed by atoms with E-state index in [2.05, 4.69) is 29.4 Å². The van der Waals surface area contributed by atoms with Crippen LogP contribution >= 0.6 is 11.3 Å². The molecule has 0 radical (unpaired) electrons. The highest BCUT2D eigenvalue weighted by Crippen LogP contribution is 2.28. The first-order chi connectivity index (χ1) is 9.56. The van der Waals surface area contributed by atoms with E-state index in [0.717, 1.165) is 40.5 Å². The lowest BCUT2D eigenvalue weighted by molar-refractivity contribution is 0.471. The Morgan fingerprint density at radius 2 is 2.10 bits per heavy atom. The van der Waals surface area contributed by atoms with E-state index in [9.17, 15) is 5.11 Å². The van der Waals surface area contributed by atoms with Gasteiger partial charge in [0, 0.05) is 18.0 Å². The number of aromatic hydroxyl groups is 1. The minimum Gasteiger partial charge on any atom is -0.508 e. The molecule has 0 atom stereocenters. The minimum atomic E-state index is 0.306. The van der Waals surface area contributed by atoms with Crippen LogP contribution in [-0.4, -0.2) is 27.9 Å². The number of phenols is 1. The predicted octanol–water partition coefficient (Wildman–Crippen LogP) is 3.15. The van der Waals surface area contributed by atoms with Crippen molar-refractivity contribution in [2.75, 3.05) is 6.54 Å². The number of nitrogens with one attached hydrogen (secondary N) is 1. The molecule has 0 aliphatic rings. The van der Waals surface area contributed by atoms with Crippen molar-refractivity contribution >= 4 is 11.3 Å². The largest absolute Gasteiger partial charge is 0.508 e. The lowest BCUT2D eigenvalue weighted by Gasteiger charge is -2.05. The Kier molecular flexibility index (Phi) is 5.09. The van der Waals surface area contributed by atoms with E-state index in [1.807, 2.05) is 19.1 Å². The van der Waals surface area contributed by atoms with Crippen LogP contribution in [0.4, 0.5) is 0 Å². The molecular formula is C15H21N3OS. The highest BCUT2D eigenvalue weighted by molar-refractivity contribution is 7.14. The molecule has 0 fully saturated rings. The second kappa shape index (κ2) is 6.81. The molecular weight excluding hydrogens is 270 g/mol. The summed E-state index contributed by atoms with van der Waals surface area (Å²) in [6.07, 6.45) is 2.00. The maximum atomic E-state index is 9.74. The number of nitrogens with zero attached hydrogens (tertiary/aromatic N) is 2. The van der Waals surface area contributed by atoms with Crippen molar-refractivity contribution in [1.82, 2.24) is 15.5 Å². The van der Waals surface area contributed by atoms with Gasteiger partial charge in [-0.15, -0.1) is 10.2 Å². The van der Waals surface area contributed by atoms with E-state index >= 15 is 0 Å². The van der Waals surface area contributed by atoms with E-state index in [4.69, 9.17) is 0 Å². The lowest BCUT2D eigenvalue weighted by atomic mass is 10.1. The molecule has 0 spiro atoms. The normalized spacial score (nSPS) is 11.2. The van der Waals surface area contributed by atoms with Crippen LogP contribution in [0.25, 0.3) is 10.6 Å². The molecule has 0 bridgehead atoms. The Morgan fingerprint density at radius 1 is 1.30 bits per heavy atom. The molecule has 20 heavy (non-hydrogen) atoms. The Balaban J connectivity index is 1.96. The summed E-state index contributed by atoms with van der Waals surface area (Å²) in [6, 6.07) is 6.15. The maximum Gasteiger partial charge on any atom is 0.147 e. The first-order valence-electron chi connectivity index (χ1n) is 6.92. The van der Waals surface area contributed by atoms with E-state index in [1.54, 1.807) is 17.4 Å². The summed E-state index contributed by atoms with van der Waals surface area (Å²) < 4.78 is 0. The standard InChI is InChI=1S/C15H21N3OS/c1-10(2)16-8-4-5-14-17-18-15(20-14)12-7-6-11(3)13(19)9-12/h6-7,9-10,16,19H,4-5,8H2,1-3H3. The van der Waals surface area contributed by atoms with Gasteiger partial charge in [0.05, 0.1) is 0 Å². The van der Waals surface area contributed by atoms with Gasteiger partial charge in [0.1, 0.15) is 15.8 Å². The molecule has 2 rings (SSSR count). The van der Waals surface area contributed by atoms with Crippen molar-refractivity contribution in [2.24, 2.45) is 0 Å². The van der Waals surface area contributed by atoms with Gasteiger partial charge in [-0.1, -0.05) is 37.3 Å².